The molecule has 3 aromatic rings. The van der Waals surface area contributed by atoms with E-state index in [4.69, 9.17) is 34.8 Å². The molecule has 2 atom stereocenters. The predicted octanol–water partition coefficient (Wildman–Crippen LogP) is 9.57. The summed E-state index contributed by atoms with van der Waals surface area (Å²) in [6, 6.07) is 7.18. The quantitative estimate of drug-likeness (QED) is 0.103. The molecule has 1 aliphatic rings. The molecule has 3 amide bonds. The number of thioether (sulfide) groups is 1. The van der Waals surface area contributed by atoms with Crippen LogP contribution in [0.3, 0.4) is 0 Å². The summed E-state index contributed by atoms with van der Waals surface area (Å²) in [6.45, 7) is 0. The SMILES string of the molecule is O=C(CCSCCC(F)(F)F)Nc1c(F)ccc(NC(=O)c2cc(NC(=O)[C@H]3C(c4ccc(F)c(C(F)(F)F)c4)C3(Cl)Cl)ccc2Cl)c1F. The Hall–Kier alpha value is -3.34. The van der Waals surface area contributed by atoms with Gasteiger partial charge in [0.25, 0.3) is 5.91 Å². The maximum absolute atomic E-state index is 15.2. The van der Waals surface area contributed by atoms with E-state index in [0.717, 1.165) is 36.0 Å². The van der Waals surface area contributed by atoms with Crippen molar-refractivity contribution in [2.75, 3.05) is 27.5 Å². The Kier molecular flexibility index (Phi) is 11.7. The molecule has 1 fully saturated rings. The Morgan fingerprint density at radius 3 is 2.16 bits per heavy atom. The summed E-state index contributed by atoms with van der Waals surface area (Å²) in [5, 5.41) is 6.37. The third-order valence-corrected chi connectivity index (χ3v) is 9.33. The molecule has 49 heavy (non-hydrogen) atoms. The summed E-state index contributed by atoms with van der Waals surface area (Å²) in [7, 11) is 0. The van der Waals surface area contributed by atoms with Gasteiger partial charge in [0.1, 0.15) is 21.7 Å². The van der Waals surface area contributed by atoms with Crippen molar-refractivity contribution in [3.63, 3.8) is 0 Å². The molecule has 0 aromatic heterocycles. The van der Waals surface area contributed by atoms with Crippen molar-refractivity contribution in [3.8, 4) is 0 Å². The second-order valence-electron chi connectivity index (χ2n) is 10.6. The van der Waals surface area contributed by atoms with Crippen molar-refractivity contribution in [1.82, 2.24) is 0 Å². The van der Waals surface area contributed by atoms with Crippen LogP contribution in [0.25, 0.3) is 0 Å². The van der Waals surface area contributed by atoms with Gasteiger partial charge in [-0.15, -0.1) is 23.2 Å². The molecule has 1 aliphatic carbocycles. The molecule has 19 heteroatoms. The zero-order valence-electron chi connectivity index (χ0n) is 24.3. The summed E-state index contributed by atoms with van der Waals surface area (Å²) >= 11 is 19.4. The van der Waals surface area contributed by atoms with Crippen molar-refractivity contribution in [1.29, 1.82) is 0 Å². The number of rotatable bonds is 11. The monoisotopic (exact) mass is 779 g/mol. The minimum Gasteiger partial charge on any atom is -0.326 e. The lowest BCUT2D eigenvalue weighted by Crippen LogP contribution is -2.19. The van der Waals surface area contributed by atoms with E-state index >= 15 is 4.39 Å². The molecule has 264 valence electrons. The van der Waals surface area contributed by atoms with Crippen LogP contribution in [0.4, 0.5) is 56.6 Å². The molecule has 1 saturated carbocycles. The first-order valence-corrected chi connectivity index (χ1v) is 16.1. The molecule has 0 radical (unpaired) electrons. The zero-order valence-corrected chi connectivity index (χ0v) is 27.4. The van der Waals surface area contributed by atoms with Gasteiger partial charge >= 0.3 is 12.4 Å². The van der Waals surface area contributed by atoms with Crippen LogP contribution in [0.2, 0.25) is 5.02 Å². The van der Waals surface area contributed by atoms with E-state index in [1.165, 1.54) is 12.1 Å². The molecular formula is C30H21Cl3F9N3O3S. The maximum Gasteiger partial charge on any atom is 0.419 e. The number of amides is 3. The summed E-state index contributed by atoms with van der Waals surface area (Å²) in [6.07, 6.45) is -10.8. The van der Waals surface area contributed by atoms with Gasteiger partial charge in [-0.3, -0.25) is 14.4 Å². The highest BCUT2D eigenvalue weighted by Crippen LogP contribution is 2.65. The number of hydrogen-bond acceptors (Lipinski definition) is 4. The lowest BCUT2D eigenvalue weighted by atomic mass is 10.0. The standard InChI is InChI=1S/C30H21Cl3F9N3O3S/c31-17-3-2-14(43-27(48)23-22(29(23,32)33)13-1-4-18(34)16(11-13)30(40,41)42)12-15(17)26(47)44-20-6-5-19(35)25(24(20)36)45-21(46)7-9-49-10-8-28(37,38)39/h1-6,11-12,22-23H,7-10H2,(H,43,48)(H,44,47)(H,45,46)/t22?,23-/m1/s1. The van der Waals surface area contributed by atoms with Gasteiger partial charge in [-0.25, -0.2) is 13.2 Å². The van der Waals surface area contributed by atoms with Gasteiger partial charge in [-0.05, 0) is 48.0 Å². The fourth-order valence-corrected chi connectivity index (χ4v) is 6.57. The molecule has 4 rings (SSSR count). The number of hydrogen-bond donors (Lipinski definition) is 3. The summed E-state index contributed by atoms with van der Waals surface area (Å²) in [4.78, 5) is 38.3. The van der Waals surface area contributed by atoms with Gasteiger partial charge in [-0.1, -0.05) is 17.7 Å². The van der Waals surface area contributed by atoms with Crippen molar-refractivity contribution in [2.24, 2.45) is 5.92 Å². The largest absolute Gasteiger partial charge is 0.419 e. The highest BCUT2D eigenvalue weighted by atomic mass is 35.5. The average Bonchev–Trinajstić information content (AvgIpc) is 3.58. The third kappa shape index (κ3) is 9.47. The number of halogens is 12. The van der Waals surface area contributed by atoms with Gasteiger partial charge in [0, 0.05) is 29.5 Å². The van der Waals surface area contributed by atoms with Crippen molar-refractivity contribution >= 4 is 81.3 Å². The molecule has 3 N–H and O–H groups in total. The van der Waals surface area contributed by atoms with E-state index < -0.39 is 87.1 Å². The van der Waals surface area contributed by atoms with Crippen LogP contribution in [0, 0.1) is 23.4 Å². The maximum atomic E-state index is 15.2. The van der Waals surface area contributed by atoms with E-state index in [-0.39, 0.29) is 39.8 Å². The molecule has 0 heterocycles. The van der Waals surface area contributed by atoms with Crippen molar-refractivity contribution < 1.29 is 53.9 Å². The highest BCUT2D eigenvalue weighted by molar-refractivity contribution is 7.99. The fourth-order valence-electron chi connectivity index (χ4n) is 4.63. The van der Waals surface area contributed by atoms with Crippen LogP contribution in [0.15, 0.2) is 48.5 Å². The van der Waals surface area contributed by atoms with Crippen LogP contribution in [0.5, 0.6) is 0 Å². The molecule has 0 bridgehead atoms. The van der Waals surface area contributed by atoms with E-state index in [0.29, 0.717) is 12.1 Å². The first kappa shape index (κ1) is 38.5. The lowest BCUT2D eigenvalue weighted by molar-refractivity contribution is -0.140. The van der Waals surface area contributed by atoms with Crippen LogP contribution < -0.4 is 16.0 Å². The number of alkyl halides is 8. The number of carbonyl (C=O) groups excluding carboxylic acids is 3. The molecule has 0 saturated heterocycles. The smallest absolute Gasteiger partial charge is 0.326 e. The van der Waals surface area contributed by atoms with Gasteiger partial charge in [0.2, 0.25) is 11.8 Å². The Morgan fingerprint density at radius 1 is 0.837 bits per heavy atom. The summed E-state index contributed by atoms with van der Waals surface area (Å²) in [5.74, 6) is -9.77. The minimum atomic E-state index is -5.02. The van der Waals surface area contributed by atoms with Crippen molar-refractivity contribution in [2.45, 2.75) is 35.4 Å². The molecule has 3 aromatic carbocycles. The van der Waals surface area contributed by atoms with Gasteiger partial charge in [-0.2, -0.15) is 38.1 Å². The van der Waals surface area contributed by atoms with Crippen LogP contribution in [-0.4, -0.2) is 39.7 Å². The van der Waals surface area contributed by atoms with Gasteiger partial charge in [0.05, 0.1) is 34.2 Å². The summed E-state index contributed by atoms with van der Waals surface area (Å²) < 4.78 is 118. The lowest BCUT2D eigenvalue weighted by Gasteiger charge is -2.13. The molecule has 0 spiro atoms. The van der Waals surface area contributed by atoms with E-state index in [1.54, 1.807) is 0 Å². The van der Waals surface area contributed by atoms with E-state index in [9.17, 15) is 49.5 Å². The Bertz CT molecular complexity index is 1770. The van der Waals surface area contributed by atoms with E-state index in [2.05, 4.69) is 10.6 Å². The second kappa shape index (κ2) is 14.9. The minimum absolute atomic E-state index is 0.0592. The predicted molar refractivity (Wildman–Crippen MR) is 168 cm³/mol. The Labute approximate surface area is 291 Å². The van der Waals surface area contributed by atoms with E-state index in [1.807, 2.05) is 5.32 Å². The number of nitrogens with one attached hydrogen (secondary N) is 3. The van der Waals surface area contributed by atoms with Crippen LogP contribution in [0.1, 0.15) is 40.2 Å². The molecule has 1 unspecified atom stereocenters. The van der Waals surface area contributed by atoms with Crippen LogP contribution in [-0.2, 0) is 15.8 Å². The fraction of sp³-hybridized carbons (Fsp3) is 0.300. The topological polar surface area (TPSA) is 87.3 Å². The number of benzene rings is 3. The Balaban J connectivity index is 1.43. The molecule has 6 nitrogen and oxygen atoms in total. The van der Waals surface area contributed by atoms with Crippen LogP contribution >= 0.6 is 46.6 Å². The number of anilines is 3. The first-order valence-electron chi connectivity index (χ1n) is 13.8. The van der Waals surface area contributed by atoms with Gasteiger partial charge in [0.15, 0.2) is 5.82 Å². The van der Waals surface area contributed by atoms with Gasteiger partial charge < -0.3 is 16.0 Å². The Morgan fingerprint density at radius 2 is 1.51 bits per heavy atom. The third-order valence-electron chi connectivity index (χ3n) is 7.08. The summed E-state index contributed by atoms with van der Waals surface area (Å²) in [5.41, 5.74) is -3.63. The first-order chi connectivity index (χ1) is 22.7. The number of carbonyl (C=O) groups is 3. The highest BCUT2D eigenvalue weighted by Gasteiger charge is 2.67. The zero-order chi connectivity index (χ0) is 36.5. The average molecular weight is 781 g/mol. The second-order valence-corrected chi connectivity index (χ2v) is 13.6. The molecular weight excluding hydrogens is 760 g/mol. The normalized spacial score (nSPS) is 17.0. The van der Waals surface area contributed by atoms with Crippen molar-refractivity contribution in [3.05, 3.63) is 87.7 Å². The molecule has 0 aliphatic heterocycles.